The number of hydrogen-bond donors (Lipinski definition) is 0. The van der Waals surface area contributed by atoms with Crippen molar-refractivity contribution < 1.29 is 28.5 Å². The Morgan fingerprint density at radius 1 is 0.742 bits per heavy atom. The standard InChI is InChI=1S/C25H28O6/c1-25(2,17-3-7-19(8-4-17)28-15-21-11-13-23(26)30-21)18-5-9-20(10-6-18)29-16-22-12-14-24(27)31-22/h3-10,21-22H,11-16H2,1-2H3. The van der Waals surface area contributed by atoms with Gasteiger partial charge in [0.25, 0.3) is 0 Å². The van der Waals surface area contributed by atoms with Crippen molar-refractivity contribution in [3.05, 3.63) is 59.7 Å². The number of carbonyl (C=O) groups is 2. The summed E-state index contributed by atoms with van der Waals surface area (Å²) < 4.78 is 21.9. The van der Waals surface area contributed by atoms with Gasteiger partial charge in [-0.25, -0.2) is 0 Å². The molecule has 164 valence electrons. The summed E-state index contributed by atoms with van der Waals surface area (Å²) in [6, 6.07) is 16.1. The van der Waals surface area contributed by atoms with Gasteiger partial charge >= 0.3 is 11.9 Å². The van der Waals surface area contributed by atoms with Crippen LogP contribution in [-0.2, 0) is 24.5 Å². The normalized spacial score (nSPS) is 21.0. The topological polar surface area (TPSA) is 71.1 Å². The molecular weight excluding hydrogens is 396 g/mol. The molecule has 0 amide bonds. The summed E-state index contributed by atoms with van der Waals surface area (Å²) in [5, 5.41) is 0. The highest BCUT2D eigenvalue weighted by Crippen LogP contribution is 2.33. The van der Waals surface area contributed by atoms with E-state index in [1.165, 1.54) is 11.1 Å². The van der Waals surface area contributed by atoms with E-state index in [2.05, 4.69) is 38.1 Å². The summed E-state index contributed by atoms with van der Waals surface area (Å²) in [6.45, 7) is 5.12. The molecule has 31 heavy (non-hydrogen) atoms. The zero-order valence-electron chi connectivity index (χ0n) is 18.0. The van der Waals surface area contributed by atoms with Gasteiger partial charge in [-0.15, -0.1) is 0 Å². The molecule has 6 heteroatoms. The first-order valence-electron chi connectivity index (χ1n) is 10.8. The number of rotatable bonds is 8. The number of carbonyl (C=O) groups excluding carboxylic acids is 2. The summed E-state index contributed by atoms with van der Waals surface area (Å²) in [5.41, 5.74) is 2.14. The molecule has 0 bridgehead atoms. The fourth-order valence-electron chi connectivity index (χ4n) is 3.88. The lowest BCUT2D eigenvalue weighted by Gasteiger charge is -2.26. The van der Waals surface area contributed by atoms with Gasteiger partial charge in [0.1, 0.15) is 36.9 Å². The smallest absolute Gasteiger partial charge is 0.306 e. The lowest BCUT2D eigenvalue weighted by atomic mass is 9.78. The van der Waals surface area contributed by atoms with E-state index in [9.17, 15) is 9.59 Å². The highest BCUT2D eigenvalue weighted by atomic mass is 16.6. The fraction of sp³-hybridized carbons (Fsp3) is 0.440. The highest BCUT2D eigenvalue weighted by molar-refractivity contribution is 5.71. The molecule has 0 aromatic heterocycles. The number of cyclic esters (lactones) is 2. The maximum atomic E-state index is 11.2. The number of benzene rings is 2. The van der Waals surface area contributed by atoms with Gasteiger partial charge in [-0.1, -0.05) is 38.1 Å². The average molecular weight is 424 g/mol. The van der Waals surface area contributed by atoms with Gasteiger partial charge in [0.2, 0.25) is 0 Å². The molecule has 0 N–H and O–H groups in total. The van der Waals surface area contributed by atoms with Crippen molar-refractivity contribution in [3.8, 4) is 11.5 Å². The quantitative estimate of drug-likeness (QED) is 0.592. The molecule has 2 aromatic carbocycles. The summed E-state index contributed by atoms with van der Waals surface area (Å²) in [7, 11) is 0. The van der Waals surface area contributed by atoms with E-state index in [1.54, 1.807) is 0 Å². The molecule has 0 spiro atoms. The van der Waals surface area contributed by atoms with Crippen LogP contribution in [0.15, 0.2) is 48.5 Å². The van der Waals surface area contributed by atoms with Crippen LogP contribution in [0.1, 0.15) is 50.7 Å². The lowest BCUT2D eigenvalue weighted by molar-refractivity contribution is -0.143. The van der Waals surface area contributed by atoms with E-state index < -0.39 is 0 Å². The minimum Gasteiger partial charge on any atom is -0.490 e. The maximum Gasteiger partial charge on any atom is 0.306 e. The van der Waals surface area contributed by atoms with Crippen molar-refractivity contribution in [3.63, 3.8) is 0 Å². The summed E-state index contributed by atoms with van der Waals surface area (Å²) in [6.07, 6.45) is 2.08. The molecular formula is C25H28O6. The zero-order chi connectivity index (χ0) is 21.8. The molecule has 0 saturated carbocycles. The summed E-state index contributed by atoms with van der Waals surface area (Å²) >= 11 is 0. The summed E-state index contributed by atoms with van der Waals surface area (Å²) in [4.78, 5) is 22.4. The molecule has 2 atom stereocenters. The molecule has 2 aromatic rings. The predicted octanol–water partition coefficient (Wildman–Crippen LogP) is 4.18. The van der Waals surface area contributed by atoms with E-state index in [1.807, 2.05) is 24.3 Å². The second-order valence-electron chi connectivity index (χ2n) is 8.60. The van der Waals surface area contributed by atoms with Gasteiger partial charge < -0.3 is 18.9 Å². The Kier molecular flexibility index (Phi) is 6.16. The molecule has 4 rings (SSSR count). The molecule has 2 unspecified atom stereocenters. The van der Waals surface area contributed by atoms with Crippen LogP contribution in [0, 0.1) is 0 Å². The fourth-order valence-corrected chi connectivity index (χ4v) is 3.88. The van der Waals surface area contributed by atoms with Crippen molar-refractivity contribution >= 4 is 11.9 Å². The van der Waals surface area contributed by atoms with Gasteiger partial charge in [0, 0.05) is 18.3 Å². The van der Waals surface area contributed by atoms with Gasteiger partial charge in [-0.3, -0.25) is 9.59 Å². The average Bonchev–Trinajstić information content (AvgIpc) is 3.39. The van der Waals surface area contributed by atoms with Crippen LogP contribution < -0.4 is 9.47 Å². The van der Waals surface area contributed by atoms with E-state index in [0.29, 0.717) is 26.1 Å². The van der Waals surface area contributed by atoms with Crippen LogP contribution in [0.25, 0.3) is 0 Å². The predicted molar refractivity (Wildman–Crippen MR) is 114 cm³/mol. The Morgan fingerprint density at radius 2 is 1.13 bits per heavy atom. The van der Waals surface area contributed by atoms with E-state index >= 15 is 0 Å². The molecule has 2 fully saturated rings. The second-order valence-corrected chi connectivity index (χ2v) is 8.60. The molecule has 0 radical (unpaired) electrons. The van der Waals surface area contributed by atoms with Crippen LogP contribution >= 0.6 is 0 Å². The molecule has 2 aliphatic rings. The van der Waals surface area contributed by atoms with Crippen LogP contribution in [-0.4, -0.2) is 37.4 Å². The zero-order valence-corrected chi connectivity index (χ0v) is 18.0. The van der Waals surface area contributed by atoms with Crippen molar-refractivity contribution in [1.82, 2.24) is 0 Å². The Hall–Kier alpha value is -3.02. The first kappa shape index (κ1) is 21.2. The largest absolute Gasteiger partial charge is 0.490 e. The van der Waals surface area contributed by atoms with Crippen LogP contribution in [0.5, 0.6) is 11.5 Å². The minimum atomic E-state index is -0.195. The SMILES string of the molecule is CC(C)(c1ccc(OCC2CCC(=O)O2)cc1)c1ccc(OCC2CCC(=O)O2)cc1. The highest BCUT2D eigenvalue weighted by Gasteiger charge is 2.26. The molecule has 2 saturated heterocycles. The Bertz CT molecular complexity index is 841. The minimum absolute atomic E-state index is 0.148. The third-order valence-corrected chi connectivity index (χ3v) is 5.96. The third kappa shape index (κ3) is 5.19. The number of esters is 2. The van der Waals surface area contributed by atoms with E-state index in [-0.39, 0.29) is 29.6 Å². The Morgan fingerprint density at radius 3 is 1.45 bits per heavy atom. The first-order valence-corrected chi connectivity index (χ1v) is 10.8. The third-order valence-electron chi connectivity index (χ3n) is 5.96. The molecule has 2 aliphatic heterocycles. The van der Waals surface area contributed by atoms with Crippen molar-refractivity contribution in [2.24, 2.45) is 0 Å². The van der Waals surface area contributed by atoms with Gasteiger partial charge in [0.05, 0.1) is 0 Å². The van der Waals surface area contributed by atoms with E-state index in [0.717, 1.165) is 24.3 Å². The number of ether oxygens (including phenoxy) is 4. The Balaban J connectivity index is 1.33. The van der Waals surface area contributed by atoms with Crippen LogP contribution in [0.4, 0.5) is 0 Å². The molecule has 2 heterocycles. The van der Waals surface area contributed by atoms with Crippen LogP contribution in [0.2, 0.25) is 0 Å². The molecule has 6 nitrogen and oxygen atoms in total. The first-order chi connectivity index (χ1) is 14.9. The lowest BCUT2D eigenvalue weighted by Crippen LogP contribution is -2.20. The Labute approximate surface area is 182 Å². The van der Waals surface area contributed by atoms with Crippen LogP contribution in [0.3, 0.4) is 0 Å². The second kappa shape index (κ2) is 9.00. The van der Waals surface area contributed by atoms with Crippen molar-refractivity contribution in [1.29, 1.82) is 0 Å². The number of hydrogen-bond acceptors (Lipinski definition) is 6. The molecule has 0 aliphatic carbocycles. The maximum absolute atomic E-state index is 11.2. The van der Waals surface area contributed by atoms with E-state index in [4.69, 9.17) is 18.9 Å². The van der Waals surface area contributed by atoms with Crippen molar-refractivity contribution in [2.45, 2.75) is 57.2 Å². The van der Waals surface area contributed by atoms with Crippen molar-refractivity contribution in [2.75, 3.05) is 13.2 Å². The van der Waals surface area contributed by atoms with Gasteiger partial charge in [-0.05, 0) is 48.2 Å². The summed E-state index contributed by atoms with van der Waals surface area (Å²) in [5.74, 6) is 1.23. The van der Waals surface area contributed by atoms with Gasteiger partial charge in [-0.2, -0.15) is 0 Å². The monoisotopic (exact) mass is 424 g/mol. The van der Waals surface area contributed by atoms with Gasteiger partial charge in [0.15, 0.2) is 0 Å².